The van der Waals surface area contributed by atoms with Gasteiger partial charge in [0.05, 0.1) is 29.6 Å². The number of pyridine rings is 1. The molecule has 2 aliphatic rings. The Kier molecular flexibility index (Phi) is 6.08. The molecule has 36 heavy (non-hydrogen) atoms. The molecule has 12 heteroatoms. The molecule has 4 heterocycles. The molecule has 4 atom stereocenters. The minimum absolute atomic E-state index is 0.0806. The molecule has 0 bridgehead atoms. The van der Waals surface area contributed by atoms with Gasteiger partial charge in [-0.1, -0.05) is 0 Å². The van der Waals surface area contributed by atoms with Crippen molar-refractivity contribution in [1.29, 1.82) is 0 Å². The van der Waals surface area contributed by atoms with Crippen LogP contribution in [0.3, 0.4) is 0 Å². The first kappa shape index (κ1) is 24.7. The maximum atomic E-state index is 12.9. The van der Waals surface area contributed by atoms with Crippen molar-refractivity contribution in [3.63, 3.8) is 0 Å². The number of hydrogen-bond acceptors (Lipinski definition) is 9. The quantitative estimate of drug-likeness (QED) is 0.452. The molecule has 0 aromatic carbocycles. The van der Waals surface area contributed by atoms with E-state index in [2.05, 4.69) is 25.6 Å². The zero-order valence-corrected chi connectivity index (χ0v) is 20.3. The molecule has 0 radical (unpaired) electrons. The summed E-state index contributed by atoms with van der Waals surface area (Å²) in [5.74, 6) is -0.398. The van der Waals surface area contributed by atoms with Gasteiger partial charge < -0.3 is 29.6 Å². The summed E-state index contributed by atoms with van der Waals surface area (Å²) in [6, 6.07) is 3.39. The Balaban J connectivity index is 1.54. The average Bonchev–Trinajstić information content (AvgIpc) is 3.42. The van der Waals surface area contributed by atoms with Crippen molar-refractivity contribution < 1.29 is 32.2 Å². The highest BCUT2D eigenvalue weighted by molar-refractivity contribution is 5.86. The number of halogens is 3. The molecule has 5 rings (SSSR count). The number of ether oxygens (including phenoxy) is 2. The van der Waals surface area contributed by atoms with Crippen molar-refractivity contribution in [2.45, 2.75) is 64.3 Å². The molecule has 3 aromatic rings. The predicted octanol–water partition coefficient (Wildman–Crippen LogP) is 4.19. The second-order valence-electron chi connectivity index (χ2n) is 9.79. The predicted molar refractivity (Wildman–Crippen MR) is 125 cm³/mol. The number of aromatic nitrogens is 3. The van der Waals surface area contributed by atoms with Crippen LogP contribution in [0.1, 0.15) is 31.7 Å². The van der Waals surface area contributed by atoms with Crippen LogP contribution in [0.25, 0.3) is 22.3 Å². The van der Waals surface area contributed by atoms with Crippen LogP contribution in [0, 0.1) is 19.8 Å². The van der Waals surface area contributed by atoms with E-state index in [0.717, 1.165) is 11.1 Å². The highest BCUT2D eigenvalue weighted by atomic mass is 19.4. The van der Waals surface area contributed by atoms with E-state index in [4.69, 9.17) is 13.9 Å². The summed E-state index contributed by atoms with van der Waals surface area (Å²) in [5, 5.41) is 16.4. The zero-order valence-electron chi connectivity index (χ0n) is 20.3. The van der Waals surface area contributed by atoms with E-state index in [1.54, 1.807) is 27.0 Å². The summed E-state index contributed by atoms with van der Waals surface area (Å²) < 4.78 is 56.7. The van der Waals surface area contributed by atoms with E-state index in [9.17, 15) is 18.3 Å². The first-order valence-corrected chi connectivity index (χ1v) is 11.7. The number of alkyl halides is 3. The van der Waals surface area contributed by atoms with E-state index >= 15 is 0 Å². The molecule has 0 unspecified atom stereocenters. The number of aliphatic hydroxyl groups is 1. The van der Waals surface area contributed by atoms with Gasteiger partial charge in [0.25, 0.3) is 0 Å². The number of anilines is 2. The fraction of sp³-hybridized carbons (Fsp3) is 0.542. The molecule has 1 aliphatic heterocycles. The van der Waals surface area contributed by atoms with Crippen molar-refractivity contribution in [2.75, 3.05) is 23.8 Å². The van der Waals surface area contributed by atoms with Crippen LogP contribution in [0.4, 0.5) is 24.9 Å². The van der Waals surface area contributed by atoms with Gasteiger partial charge in [0, 0.05) is 23.6 Å². The van der Waals surface area contributed by atoms with Gasteiger partial charge in [-0.05, 0) is 46.2 Å². The van der Waals surface area contributed by atoms with Gasteiger partial charge in [0.1, 0.15) is 24.2 Å². The number of fused-ring (bicyclic) bond motifs is 2. The number of aliphatic hydroxyl groups excluding tert-OH is 1. The van der Waals surface area contributed by atoms with Crippen LogP contribution < -0.4 is 10.6 Å². The minimum atomic E-state index is -4.43. The van der Waals surface area contributed by atoms with Gasteiger partial charge in [-0.15, -0.1) is 0 Å². The Labute approximate surface area is 205 Å². The molecule has 1 saturated heterocycles. The van der Waals surface area contributed by atoms with E-state index in [-0.39, 0.29) is 36.7 Å². The summed E-state index contributed by atoms with van der Waals surface area (Å²) in [5.41, 5.74) is 2.33. The number of hydrogen-bond donors (Lipinski definition) is 3. The van der Waals surface area contributed by atoms with Crippen LogP contribution in [0.15, 0.2) is 22.7 Å². The maximum absolute atomic E-state index is 12.9. The van der Waals surface area contributed by atoms with Crippen molar-refractivity contribution in [3.05, 3.63) is 29.7 Å². The second kappa shape index (κ2) is 8.86. The lowest BCUT2D eigenvalue weighted by molar-refractivity contribution is -0.158. The molecule has 9 nitrogen and oxygen atoms in total. The third-order valence-electron chi connectivity index (χ3n) is 6.46. The Bertz CT molecular complexity index is 1280. The lowest BCUT2D eigenvalue weighted by Crippen LogP contribution is -2.35. The Hall–Kier alpha value is -2.96. The Morgan fingerprint density at radius 3 is 2.61 bits per heavy atom. The summed E-state index contributed by atoms with van der Waals surface area (Å²) in [7, 11) is 0. The smallest absolute Gasteiger partial charge is 0.405 e. The number of furan rings is 1. The van der Waals surface area contributed by atoms with Crippen LogP contribution in [0.5, 0.6) is 0 Å². The second-order valence-corrected chi connectivity index (χ2v) is 9.79. The number of nitrogens with zero attached hydrogens (tertiary/aromatic N) is 3. The minimum Gasteiger partial charge on any atom is -0.454 e. The zero-order chi connectivity index (χ0) is 25.8. The molecule has 194 valence electrons. The van der Waals surface area contributed by atoms with Crippen molar-refractivity contribution >= 4 is 22.7 Å². The highest BCUT2D eigenvalue weighted by Gasteiger charge is 2.54. The standard InChI is InChI=1S/C24H28F3N5O4/c1-11-5-13-7-16(34-17(13)8-28-11)18-12(2)30-22(29-10-24(25,26)27)32-21(18)31-15-6-14(9-33)19-20(15)36-23(3,4)35-19/h5,7-8,14-15,19-20,33H,6,9-10H2,1-4H3,(H2,29,30,31,32)/t14-,15-,19-,20+/m1/s1. The first-order chi connectivity index (χ1) is 16.9. The molecule has 1 saturated carbocycles. The average molecular weight is 508 g/mol. The normalized spacial score (nSPS) is 25.3. The van der Waals surface area contributed by atoms with Crippen molar-refractivity contribution in [2.24, 2.45) is 5.92 Å². The fourth-order valence-corrected chi connectivity index (χ4v) is 4.99. The summed E-state index contributed by atoms with van der Waals surface area (Å²) in [4.78, 5) is 12.9. The number of aryl methyl sites for hydroxylation is 2. The summed E-state index contributed by atoms with van der Waals surface area (Å²) in [6.45, 7) is 5.81. The SMILES string of the molecule is Cc1cc2cc(-c3c(C)nc(NCC(F)(F)F)nc3N[C@@H]3C[C@H](CO)[C@H]4OC(C)(C)O[C@H]43)oc2cn1. The summed E-state index contributed by atoms with van der Waals surface area (Å²) >= 11 is 0. The fourth-order valence-electron chi connectivity index (χ4n) is 4.99. The number of nitrogens with one attached hydrogen (secondary N) is 2. The third kappa shape index (κ3) is 4.84. The Morgan fingerprint density at radius 1 is 1.14 bits per heavy atom. The maximum Gasteiger partial charge on any atom is 0.405 e. The lowest BCUT2D eigenvalue weighted by atomic mass is 10.1. The monoisotopic (exact) mass is 507 g/mol. The van der Waals surface area contributed by atoms with Crippen molar-refractivity contribution in [1.82, 2.24) is 15.0 Å². The van der Waals surface area contributed by atoms with E-state index in [0.29, 0.717) is 34.8 Å². The first-order valence-electron chi connectivity index (χ1n) is 11.7. The van der Waals surface area contributed by atoms with E-state index in [1.165, 1.54) is 0 Å². The molecule has 3 N–H and O–H groups in total. The van der Waals surface area contributed by atoms with Gasteiger partial charge in [-0.3, -0.25) is 4.98 Å². The molecule has 0 amide bonds. The lowest BCUT2D eigenvalue weighted by Gasteiger charge is -2.25. The topological polar surface area (TPSA) is 115 Å². The molecule has 3 aromatic heterocycles. The largest absolute Gasteiger partial charge is 0.454 e. The van der Waals surface area contributed by atoms with Crippen LogP contribution >= 0.6 is 0 Å². The highest BCUT2D eigenvalue weighted by Crippen LogP contribution is 2.43. The van der Waals surface area contributed by atoms with Gasteiger partial charge in [-0.25, -0.2) is 4.98 Å². The molecular formula is C24H28F3N5O4. The third-order valence-corrected chi connectivity index (χ3v) is 6.46. The van der Waals surface area contributed by atoms with Gasteiger partial charge in [0.15, 0.2) is 11.4 Å². The number of rotatable bonds is 6. The van der Waals surface area contributed by atoms with Crippen LogP contribution in [-0.4, -0.2) is 63.4 Å². The van der Waals surface area contributed by atoms with Crippen LogP contribution in [0.2, 0.25) is 0 Å². The van der Waals surface area contributed by atoms with Gasteiger partial charge >= 0.3 is 6.18 Å². The van der Waals surface area contributed by atoms with Crippen molar-refractivity contribution in [3.8, 4) is 11.3 Å². The van der Waals surface area contributed by atoms with Crippen LogP contribution in [-0.2, 0) is 9.47 Å². The van der Waals surface area contributed by atoms with Gasteiger partial charge in [0.2, 0.25) is 5.95 Å². The summed E-state index contributed by atoms with van der Waals surface area (Å²) in [6.07, 6.45) is -2.98. The van der Waals surface area contributed by atoms with E-state index in [1.807, 2.05) is 19.1 Å². The molecule has 2 fully saturated rings. The molecular weight excluding hydrogens is 479 g/mol. The van der Waals surface area contributed by atoms with E-state index < -0.39 is 18.5 Å². The van der Waals surface area contributed by atoms with Gasteiger partial charge in [-0.2, -0.15) is 18.2 Å². The Morgan fingerprint density at radius 2 is 1.89 bits per heavy atom. The molecule has 0 spiro atoms. The molecule has 1 aliphatic carbocycles.